The summed E-state index contributed by atoms with van der Waals surface area (Å²) in [6.45, 7) is 11.4. The molecule has 0 aliphatic carbocycles. The topological polar surface area (TPSA) is 43.9 Å². The van der Waals surface area contributed by atoms with Crippen LogP contribution in [0.5, 0.6) is 0 Å². The van der Waals surface area contributed by atoms with Gasteiger partial charge in [0.25, 0.3) is 0 Å². The lowest BCUT2D eigenvalue weighted by molar-refractivity contribution is -0.137. The second-order valence-corrected chi connectivity index (χ2v) is 6.68. The molecule has 0 radical (unpaired) electrons. The van der Waals surface area contributed by atoms with E-state index in [0.29, 0.717) is 32.6 Å². The number of hydrogen-bond acceptors (Lipinski definition) is 3. The van der Waals surface area contributed by atoms with Gasteiger partial charge in [-0.2, -0.15) is 0 Å². The molecule has 0 N–H and O–H groups in total. The summed E-state index contributed by atoms with van der Waals surface area (Å²) >= 11 is 0. The molecule has 2 amide bonds. The van der Waals surface area contributed by atoms with Gasteiger partial charge in [0.05, 0.1) is 0 Å². The van der Waals surface area contributed by atoms with Crippen LogP contribution in [0, 0.1) is 0 Å². The minimum Gasteiger partial charge on any atom is -0.339 e. The van der Waals surface area contributed by atoms with Crippen molar-refractivity contribution in [3.05, 3.63) is 42.0 Å². The van der Waals surface area contributed by atoms with Gasteiger partial charge in [0, 0.05) is 45.2 Å². The Balaban J connectivity index is 1.82. The van der Waals surface area contributed by atoms with Gasteiger partial charge in [-0.05, 0) is 31.1 Å². The van der Waals surface area contributed by atoms with Crippen LogP contribution in [0.4, 0.5) is 0 Å². The smallest absolute Gasteiger partial charge is 0.246 e. The van der Waals surface area contributed by atoms with E-state index in [1.807, 2.05) is 47.1 Å². The van der Waals surface area contributed by atoms with Crippen LogP contribution in [0.1, 0.15) is 32.8 Å². The first-order valence-electron chi connectivity index (χ1n) is 9.57. The maximum absolute atomic E-state index is 12.5. The molecule has 2 rings (SSSR count). The molecule has 142 valence electrons. The Morgan fingerprint density at radius 3 is 2.15 bits per heavy atom. The molecule has 0 spiro atoms. The van der Waals surface area contributed by atoms with Crippen molar-refractivity contribution in [1.82, 2.24) is 14.7 Å². The zero-order valence-electron chi connectivity index (χ0n) is 16.3. The van der Waals surface area contributed by atoms with Crippen LogP contribution in [0.3, 0.4) is 0 Å². The van der Waals surface area contributed by atoms with Gasteiger partial charge in [0.1, 0.15) is 0 Å². The predicted molar refractivity (Wildman–Crippen MR) is 106 cm³/mol. The summed E-state index contributed by atoms with van der Waals surface area (Å²) in [7, 11) is 0. The number of carbonyl (C=O) groups is 2. The second-order valence-electron chi connectivity index (χ2n) is 6.68. The van der Waals surface area contributed by atoms with Crippen molar-refractivity contribution < 1.29 is 9.59 Å². The van der Waals surface area contributed by atoms with Crippen LogP contribution in [0.25, 0.3) is 5.57 Å². The van der Waals surface area contributed by atoms with Gasteiger partial charge in [-0.1, -0.05) is 44.2 Å². The zero-order valence-corrected chi connectivity index (χ0v) is 16.3. The fraction of sp³-hybridized carbons (Fsp3) is 0.524. The molecule has 0 bridgehead atoms. The molecule has 0 aromatic heterocycles. The number of amides is 2. The summed E-state index contributed by atoms with van der Waals surface area (Å²) in [6, 6.07) is 9.92. The third-order valence-corrected chi connectivity index (χ3v) is 5.05. The quantitative estimate of drug-likeness (QED) is 0.704. The lowest BCUT2D eigenvalue weighted by Crippen LogP contribution is -2.50. The normalized spacial score (nSPS) is 15.5. The molecular weight excluding hydrogens is 326 g/mol. The first-order chi connectivity index (χ1) is 12.5. The molecule has 26 heavy (non-hydrogen) atoms. The molecule has 0 saturated carbocycles. The lowest BCUT2D eigenvalue weighted by atomic mass is 10.1. The van der Waals surface area contributed by atoms with E-state index >= 15 is 0 Å². The number of carbonyl (C=O) groups excluding carboxylic acids is 2. The average molecular weight is 357 g/mol. The standard InChI is InChI=1S/C21H31N3O2/c1-4-22(5-2)12-11-20(25)23-13-15-24(16-14-23)21(26)17-18(3)19-9-7-6-8-10-19/h6-10,17H,4-5,11-16H2,1-3H3/b18-17+. The van der Waals surface area contributed by atoms with E-state index in [4.69, 9.17) is 0 Å². The first-order valence-corrected chi connectivity index (χ1v) is 9.57. The lowest BCUT2D eigenvalue weighted by Gasteiger charge is -2.34. The number of benzene rings is 1. The van der Waals surface area contributed by atoms with Crippen molar-refractivity contribution in [1.29, 1.82) is 0 Å². The third-order valence-electron chi connectivity index (χ3n) is 5.05. The second kappa shape index (κ2) is 10.1. The minimum atomic E-state index is 0.0293. The SMILES string of the molecule is CCN(CC)CCC(=O)N1CCN(C(=O)/C=C(\C)c2ccccc2)CC1. The highest BCUT2D eigenvalue weighted by Gasteiger charge is 2.23. The Bertz CT molecular complexity index is 615. The Hall–Kier alpha value is -2.14. The maximum Gasteiger partial charge on any atom is 0.246 e. The van der Waals surface area contributed by atoms with Gasteiger partial charge in [0.15, 0.2) is 0 Å². The van der Waals surface area contributed by atoms with Crippen LogP contribution >= 0.6 is 0 Å². The highest BCUT2D eigenvalue weighted by Crippen LogP contribution is 2.14. The number of allylic oxidation sites excluding steroid dienone is 1. The first kappa shape index (κ1) is 20.2. The Morgan fingerprint density at radius 1 is 1.00 bits per heavy atom. The average Bonchev–Trinajstić information content (AvgIpc) is 2.69. The van der Waals surface area contributed by atoms with Crippen molar-refractivity contribution in [3.63, 3.8) is 0 Å². The minimum absolute atomic E-state index is 0.0293. The molecule has 1 aromatic rings. The molecule has 0 unspecified atom stereocenters. The monoisotopic (exact) mass is 357 g/mol. The van der Waals surface area contributed by atoms with E-state index in [9.17, 15) is 9.59 Å². The molecular formula is C21H31N3O2. The number of hydrogen-bond donors (Lipinski definition) is 0. The van der Waals surface area contributed by atoms with E-state index in [1.165, 1.54) is 0 Å². The van der Waals surface area contributed by atoms with Gasteiger partial charge in [-0.25, -0.2) is 0 Å². The van der Waals surface area contributed by atoms with Crippen LogP contribution in [-0.2, 0) is 9.59 Å². The van der Waals surface area contributed by atoms with Gasteiger partial charge in [-0.15, -0.1) is 0 Å². The van der Waals surface area contributed by atoms with Gasteiger partial charge < -0.3 is 14.7 Å². The molecule has 1 aliphatic rings. The molecule has 5 nitrogen and oxygen atoms in total. The van der Waals surface area contributed by atoms with Crippen molar-refractivity contribution in [2.75, 3.05) is 45.8 Å². The number of rotatable bonds is 7. The molecule has 5 heteroatoms. The largest absolute Gasteiger partial charge is 0.339 e. The van der Waals surface area contributed by atoms with Gasteiger partial charge >= 0.3 is 0 Å². The van der Waals surface area contributed by atoms with Crippen molar-refractivity contribution >= 4 is 17.4 Å². The third kappa shape index (κ3) is 5.70. The summed E-state index contributed by atoms with van der Waals surface area (Å²) in [5, 5.41) is 0. The van der Waals surface area contributed by atoms with E-state index in [2.05, 4.69) is 18.7 Å². The van der Waals surface area contributed by atoms with E-state index in [1.54, 1.807) is 6.08 Å². The van der Waals surface area contributed by atoms with Crippen LogP contribution in [0.2, 0.25) is 0 Å². The van der Waals surface area contributed by atoms with Gasteiger partial charge in [-0.3, -0.25) is 9.59 Å². The number of piperazine rings is 1. The maximum atomic E-state index is 12.5. The van der Waals surface area contributed by atoms with E-state index in [-0.39, 0.29) is 11.8 Å². The van der Waals surface area contributed by atoms with Crippen LogP contribution in [-0.4, -0.2) is 72.3 Å². The van der Waals surface area contributed by atoms with Crippen molar-refractivity contribution in [2.24, 2.45) is 0 Å². The Labute approximate surface area is 157 Å². The molecule has 1 aliphatic heterocycles. The van der Waals surface area contributed by atoms with Crippen LogP contribution in [0.15, 0.2) is 36.4 Å². The Morgan fingerprint density at radius 2 is 1.58 bits per heavy atom. The molecule has 0 atom stereocenters. The van der Waals surface area contributed by atoms with Gasteiger partial charge in [0.2, 0.25) is 11.8 Å². The van der Waals surface area contributed by atoms with Crippen molar-refractivity contribution in [2.45, 2.75) is 27.2 Å². The highest BCUT2D eigenvalue weighted by molar-refractivity contribution is 5.95. The summed E-state index contributed by atoms with van der Waals surface area (Å²) in [5.74, 6) is 0.224. The van der Waals surface area contributed by atoms with E-state index in [0.717, 1.165) is 30.8 Å². The molecule has 1 fully saturated rings. The fourth-order valence-corrected chi connectivity index (χ4v) is 3.19. The summed E-state index contributed by atoms with van der Waals surface area (Å²) in [5.41, 5.74) is 2.03. The predicted octanol–water partition coefficient (Wildman–Crippen LogP) is 2.49. The number of nitrogens with zero attached hydrogens (tertiary/aromatic N) is 3. The highest BCUT2D eigenvalue weighted by atomic mass is 16.2. The zero-order chi connectivity index (χ0) is 18.9. The Kier molecular flexibility index (Phi) is 7.85. The summed E-state index contributed by atoms with van der Waals surface area (Å²) in [6.07, 6.45) is 2.26. The van der Waals surface area contributed by atoms with E-state index < -0.39 is 0 Å². The summed E-state index contributed by atoms with van der Waals surface area (Å²) in [4.78, 5) is 30.8. The summed E-state index contributed by atoms with van der Waals surface area (Å²) < 4.78 is 0. The molecule has 1 saturated heterocycles. The van der Waals surface area contributed by atoms with Crippen molar-refractivity contribution in [3.8, 4) is 0 Å². The fourth-order valence-electron chi connectivity index (χ4n) is 3.19. The van der Waals surface area contributed by atoms with Crippen LogP contribution < -0.4 is 0 Å². The molecule has 1 heterocycles. The molecule has 1 aromatic carbocycles.